The van der Waals surface area contributed by atoms with Gasteiger partial charge in [-0.3, -0.25) is 14.4 Å². The molecule has 0 aliphatic heterocycles. The molecule has 0 unspecified atom stereocenters. The Bertz CT molecular complexity index is 904. The maximum absolute atomic E-state index is 12.6. The Balaban J connectivity index is 2.22. The number of nitrogens with zero attached hydrogens (tertiary/aromatic N) is 1. The third-order valence-electron chi connectivity index (χ3n) is 4.11. The maximum Gasteiger partial charge on any atom is 0.259 e. The van der Waals surface area contributed by atoms with E-state index in [0.29, 0.717) is 30.0 Å². The van der Waals surface area contributed by atoms with Crippen molar-refractivity contribution in [2.45, 2.75) is 13.8 Å². The minimum Gasteiger partial charge on any atom is -0.507 e. The zero-order chi connectivity index (χ0) is 20.7. The zero-order valence-electron chi connectivity index (χ0n) is 15.9. The molecular formula is C21H23N3O4. The number of amides is 3. The van der Waals surface area contributed by atoms with Crippen molar-refractivity contribution in [3.63, 3.8) is 0 Å². The predicted octanol–water partition coefficient (Wildman–Crippen LogP) is 3.25. The molecule has 0 aliphatic carbocycles. The van der Waals surface area contributed by atoms with E-state index in [9.17, 15) is 19.5 Å². The largest absolute Gasteiger partial charge is 0.507 e. The first kappa shape index (κ1) is 20.7. The molecule has 0 atom stereocenters. The summed E-state index contributed by atoms with van der Waals surface area (Å²) in [5.74, 6) is -1.36. The van der Waals surface area contributed by atoms with Crippen LogP contribution in [0.15, 0.2) is 55.1 Å². The average molecular weight is 381 g/mol. The van der Waals surface area contributed by atoms with Crippen molar-refractivity contribution in [2.75, 3.05) is 23.7 Å². The first-order valence-corrected chi connectivity index (χ1v) is 8.86. The Labute approximate surface area is 163 Å². The van der Waals surface area contributed by atoms with E-state index in [-0.39, 0.29) is 17.2 Å². The summed E-state index contributed by atoms with van der Waals surface area (Å²) in [6.45, 7) is 8.33. The summed E-state index contributed by atoms with van der Waals surface area (Å²) in [6.07, 6.45) is 1.10. The molecule has 0 spiro atoms. The Morgan fingerprint density at radius 1 is 1.04 bits per heavy atom. The lowest BCUT2D eigenvalue weighted by molar-refractivity contribution is -0.111. The maximum atomic E-state index is 12.6. The monoisotopic (exact) mass is 381 g/mol. The molecule has 0 bridgehead atoms. The Morgan fingerprint density at radius 2 is 1.71 bits per heavy atom. The van der Waals surface area contributed by atoms with Crippen LogP contribution in [0.2, 0.25) is 0 Å². The van der Waals surface area contributed by atoms with Crippen molar-refractivity contribution in [3.8, 4) is 5.75 Å². The third-order valence-corrected chi connectivity index (χ3v) is 4.11. The molecule has 2 aromatic rings. The van der Waals surface area contributed by atoms with E-state index in [1.165, 1.54) is 18.2 Å². The van der Waals surface area contributed by atoms with E-state index in [0.717, 1.165) is 6.08 Å². The molecule has 0 heterocycles. The van der Waals surface area contributed by atoms with Gasteiger partial charge in [-0.1, -0.05) is 12.6 Å². The quantitative estimate of drug-likeness (QED) is 0.506. The van der Waals surface area contributed by atoms with Gasteiger partial charge in [-0.15, -0.1) is 0 Å². The number of rotatable bonds is 7. The van der Waals surface area contributed by atoms with Gasteiger partial charge >= 0.3 is 0 Å². The predicted molar refractivity (Wildman–Crippen MR) is 109 cm³/mol. The SMILES string of the molecule is C=CC(=O)Nc1ccc(O)c(C(=O)Nc2cccc(C(=O)N(CC)CC)c2)c1. The summed E-state index contributed by atoms with van der Waals surface area (Å²) >= 11 is 0. The van der Waals surface area contributed by atoms with Crippen LogP contribution in [0.5, 0.6) is 5.75 Å². The van der Waals surface area contributed by atoms with E-state index in [2.05, 4.69) is 17.2 Å². The highest BCUT2D eigenvalue weighted by atomic mass is 16.3. The third kappa shape index (κ3) is 4.97. The molecule has 0 aliphatic rings. The van der Waals surface area contributed by atoms with Gasteiger partial charge in [-0.05, 0) is 56.3 Å². The van der Waals surface area contributed by atoms with Crippen LogP contribution in [-0.4, -0.2) is 40.8 Å². The number of hydrogen-bond donors (Lipinski definition) is 3. The molecular weight excluding hydrogens is 358 g/mol. The van der Waals surface area contributed by atoms with Crippen LogP contribution < -0.4 is 10.6 Å². The van der Waals surface area contributed by atoms with E-state index < -0.39 is 11.8 Å². The molecule has 2 aromatic carbocycles. The molecule has 0 saturated carbocycles. The molecule has 7 nitrogen and oxygen atoms in total. The van der Waals surface area contributed by atoms with Crippen LogP contribution >= 0.6 is 0 Å². The zero-order valence-corrected chi connectivity index (χ0v) is 15.9. The topological polar surface area (TPSA) is 98.7 Å². The number of phenols is 1. The fourth-order valence-electron chi connectivity index (χ4n) is 2.61. The fourth-order valence-corrected chi connectivity index (χ4v) is 2.61. The van der Waals surface area contributed by atoms with E-state index in [1.807, 2.05) is 13.8 Å². The second-order valence-corrected chi connectivity index (χ2v) is 5.94. The molecule has 0 saturated heterocycles. The summed E-state index contributed by atoms with van der Waals surface area (Å²) in [5.41, 5.74) is 1.21. The first-order chi connectivity index (χ1) is 13.4. The molecule has 146 valence electrons. The number of aromatic hydroxyl groups is 1. The lowest BCUT2D eigenvalue weighted by Crippen LogP contribution is -2.30. The van der Waals surface area contributed by atoms with Gasteiger partial charge in [0.1, 0.15) is 5.75 Å². The van der Waals surface area contributed by atoms with Gasteiger partial charge in [0.2, 0.25) is 5.91 Å². The van der Waals surface area contributed by atoms with Crippen LogP contribution in [0, 0.1) is 0 Å². The van der Waals surface area contributed by atoms with Crippen molar-refractivity contribution >= 4 is 29.1 Å². The van der Waals surface area contributed by atoms with Gasteiger partial charge in [-0.25, -0.2) is 0 Å². The standard InChI is InChI=1S/C21H23N3O4/c1-4-19(26)22-16-10-11-18(25)17(13-16)20(27)23-15-9-7-8-14(12-15)21(28)24(5-2)6-3/h4,7-13,25H,1,5-6H2,2-3H3,(H,22,26)(H,23,27). The van der Waals surface area contributed by atoms with E-state index in [1.54, 1.807) is 29.2 Å². The molecule has 0 fully saturated rings. The van der Waals surface area contributed by atoms with Crippen LogP contribution in [-0.2, 0) is 4.79 Å². The van der Waals surface area contributed by atoms with Crippen LogP contribution in [0.1, 0.15) is 34.6 Å². The van der Waals surface area contributed by atoms with Crippen molar-refractivity contribution in [3.05, 3.63) is 66.2 Å². The van der Waals surface area contributed by atoms with E-state index in [4.69, 9.17) is 0 Å². The summed E-state index contributed by atoms with van der Waals surface area (Å²) in [6, 6.07) is 10.7. The molecule has 3 amide bonds. The summed E-state index contributed by atoms with van der Waals surface area (Å²) < 4.78 is 0. The lowest BCUT2D eigenvalue weighted by Gasteiger charge is -2.19. The van der Waals surface area contributed by atoms with Crippen molar-refractivity contribution in [2.24, 2.45) is 0 Å². The molecule has 28 heavy (non-hydrogen) atoms. The van der Waals surface area contributed by atoms with Gasteiger partial charge in [0, 0.05) is 30.0 Å². The van der Waals surface area contributed by atoms with Crippen LogP contribution in [0.4, 0.5) is 11.4 Å². The molecule has 2 rings (SSSR count). The van der Waals surface area contributed by atoms with Crippen molar-refractivity contribution in [1.29, 1.82) is 0 Å². The Hall–Kier alpha value is -3.61. The fraction of sp³-hybridized carbons (Fsp3) is 0.190. The first-order valence-electron chi connectivity index (χ1n) is 8.86. The number of phenolic OH excluding ortho intramolecular Hbond substituents is 1. The normalized spacial score (nSPS) is 10.1. The van der Waals surface area contributed by atoms with Crippen molar-refractivity contribution < 1.29 is 19.5 Å². The van der Waals surface area contributed by atoms with Crippen LogP contribution in [0.3, 0.4) is 0 Å². The lowest BCUT2D eigenvalue weighted by atomic mass is 10.1. The number of nitrogens with one attached hydrogen (secondary N) is 2. The van der Waals surface area contributed by atoms with Gasteiger partial charge in [-0.2, -0.15) is 0 Å². The number of carbonyl (C=O) groups is 3. The smallest absolute Gasteiger partial charge is 0.259 e. The second kappa shape index (κ2) is 9.36. The van der Waals surface area contributed by atoms with Gasteiger partial charge in [0.05, 0.1) is 5.56 Å². The molecule has 0 aromatic heterocycles. The average Bonchev–Trinajstić information content (AvgIpc) is 2.70. The van der Waals surface area contributed by atoms with Crippen molar-refractivity contribution in [1.82, 2.24) is 4.90 Å². The molecule has 7 heteroatoms. The highest BCUT2D eigenvalue weighted by Crippen LogP contribution is 2.23. The van der Waals surface area contributed by atoms with Gasteiger partial charge in [0.15, 0.2) is 0 Å². The number of hydrogen-bond acceptors (Lipinski definition) is 4. The Kier molecular flexibility index (Phi) is 6.92. The minimum atomic E-state index is -0.570. The molecule has 3 N–H and O–H groups in total. The van der Waals surface area contributed by atoms with E-state index >= 15 is 0 Å². The summed E-state index contributed by atoms with van der Waals surface area (Å²) in [5, 5.41) is 15.2. The summed E-state index contributed by atoms with van der Waals surface area (Å²) in [4.78, 5) is 38.1. The highest BCUT2D eigenvalue weighted by molar-refractivity contribution is 6.08. The number of anilines is 2. The van der Waals surface area contributed by atoms with Gasteiger partial charge in [0.25, 0.3) is 11.8 Å². The second-order valence-electron chi connectivity index (χ2n) is 5.94. The Morgan fingerprint density at radius 3 is 2.36 bits per heavy atom. The number of benzene rings is 2. The number of carbonyl (C=O) groups excluding carboxylic acids is 3. The summed E-state index contributed by atoms with van der Waals surface area (Å²) in [7, 11) is 0. The van der Waals surface area contributed by atoms with Gasteiger partial charge < -0.3 is 20.6 Å². The van der Waals surface area contributed by atoms with Crippen LogP contribution in [0.25, 0.3) is 0 Å². The molecule has 0 radical (unpaired) electrons. The minimum absolute atomic E-state index is 0.0117. The highest BCUT2D eigenvalue weighted by Gasteiger charge is 2.16.